The Morgan fingerprint density at radius 3 is 2.59 bits per heavy atom. The highest BCUT2D eigenvalue weighted by atomic mass is 16.3. The summed E-state index contributed by atoms with van der Waals surface area (Å²) in [5.74, 6) is 0.497. The molecule has 1 N–H and O–H groups in total. The first-order valence-corrected chi connectivity index (χ1v) is 6.95. The molecule has 0 aromatic heterocycles. The molecular formula is C18H12N2O2. The summed E-state index contributed by atoms with van der Waals surface area (Å²) in [6, 6.07) is 20.2. The monoisotopic (exact) mass is 288 g/mol. The molecule has 0 radical (unpaired) electrons. The molecule has 0 unspecified atom stereocenters. The van der Waals surface area contributed by atoms with Crippen LogP contribution < -0.4 is 10.7 Å². The summed E-state index contributed by atoms with van der Waals surface area (Å²) in [5.41, 5.74) is 3.88. The van der Waals surface area contributed by atoms with Crippen LogP contribution in [0.15, 0.2) is 75.9 Å². The van der Waals surface area contributed by atoms with Crippen molar-refractivity contribution in [1.29, 1.82) is 0 Å². The normalized spacial score (nSPS) is 10.9. The van der Waals surface area contributed by atoms with Crippen LogP contribution in [0.25, 0.3) is 22.6 Å². The highest BCUT2D eigenvalue weighted by Gasteiger charge is 2.09. The largest absolute Gasteiger partial charge is 0.453 e. The minimum Gasteiger partial charge on any atom is -0.453 e. The SMILES string of the molecule is O=c1ccc2nc3ccc(Nc4ccccc4)cc3oc-2c1. The van der Waals surface area contributed by atoms with E-state index in [0.29, 0.717) is 17.0 Å². The maximum Gasteiger partial charge on any atom is 0.182 e. The number of benzene rings is 3. The van der Waals surface area contributed by atoms with E-state index in [4.69, 9.17) is 4.42 Å². The fourth-order valence-corrected chi connectivity index (χ4v) is 2.37. The third-order valence-electron chi connectivity index (χ3n) is 3.41. The number of nitrogens with one attached hydrogen (secondary N) is 1. The Morgan fingerprint density at radius 2 is 1.73 bits per heavy atom. The standard InChI is InChI=1S/C18H12N2O2/c21-14-7-9-16-18(11-14)22-17-10-13(6-8-15(17)20-16)19-12-4-2-1-3-5-12/h1-11,19H. The minimum absolute atomic E-state index is 0.0871. The van der Waals surface area contributed by atoms with Crippen molar-refractivity contribution in [3.63, 3.8) is 0 Å². The summed E-state index contributed by atoms with van der Waals surface area (Å²) in [5, 5.41) is 3.31. The van der Waals surface area contributed by atoms with Crippen LogP contribution in [0, 0.1) is 0 Å². The maximum absolute atomic E-state index is 11.4. The van der Waals surface area contributed by atoms with Gasteiger partial charge in [0.15, 0.2) is 16.8 Å². The third kappa shape index (κ3) is 2.31. The molecule has 0 spiro atoms. The van der Waals surface area contributed by atoms with Gasteiger partial charge in [-0.2, -0.15) is 0 Å². The van der Waals surface area contributed by atoms with Crippen LogP contribution in [0.2, 0.25) is 0 Å². The number of rotatable bonds is 2. The quantitative estimate of drug-likeness (QED) is 0.566. The molecule has 1 aliphatic heterocycles. The van der Waals surface area contributed by atoms with E-state index in [1.165, 1.54) is 12.1 Å². The predicted molar refractivity (Wildman–Crippen MR) is 86.6 cm³/mol. The zero-order valence-electron chi connectivity index (χ0n) is 11.6. The molecule has 4 rings (SSSR count). The molecule has 2 aromatic carbocycles. The van der Waals surface area contributed by atoms with E-state index in [0.717, 1.165) is 16.9 Å². The van der Waals surface area contributed by atoms with Gasteiger partial charge in [-0.05, 0) is 36.4 Å². The van der Waals surface area contributed by atoms with Crippen LogP contribution in [0.4, 0.5) is 11.4 Å². The van der Waals surface area contributed by atoms with Gasteiger partial charge < -0.3 is 9.73 Å². The molecule has 0 bridgehead atoms. The topological polar surface area (TPSA) is 55.1 Å². The Morgan fingerprint density at radius 1 is 0.864 bits per heavy atom. The lowest BCUT2D eigenvalue weighted by Crippen LogP contribution is -1.99. The summed E-state index contributed by atoms with van der Waals surface area (Å²) in [6.45, 7) is 0. The van der Waals surface area contributed by atoms with E-state index < -0.39 is 0 Å². The van der Waals surface area contributed by atoms with E-state index in [2.05, 4.69) is 10.3 Å². The lowest BCUT2D eigenvalue weighted by Gasteiger charge is -2.09. The van der Waals surface area contributed by atoms with Gasteiger partial charge in [-0.1, -0.05) is 18.2 Å². The van der Waals surface area contributed by atoms with Crippen molar-refractivity contribution in [3.05, 3.63) is 77.0 Å². The van der Waals surface area contributed by atoms with E-state index in [1.54, 1.807) is 6.07 Å². The van der Waals surface area contributed by atoms with Gasteiger partial charge >= 0.3 is 0 Å². The van der Waals surface area contributed by atoms with E-state index >= 15 is 0 Å². The number of nitrogens with zero attached hydrogens (tertiary/aromatic N) is 1. The number of anilines is 2. The average Bonchev–Trinajstić information content (AvgIpc) is 2.54. The molecule has 0 amide bonds. The number of hydrogen-bond donors (Lipinski definition) is 1. The summed E-state index contributed by atoms with van der Waals surface area (Å²) in [4.78, 5) is 15.9. The van der Waals surface area contributed by atoms with Crippen molar-refractivity contribution < 1.29 is 4.42 Å². The molecule has 0 saturated carbocycles. The molecular weight excluding hydrogens is 276 g/mol. The molecule has 22 heavy (non-hydrogen) atoms. The van der Waals surface area contributed by atoms with Crippen molar-refractivity contribution >= 4 is 22.5 Å². The maximum atomic E-state index is 11.4. The molecule has 0 saturated heterocycles. The second-order valence-corrected chi connectivity index (χ2v) is 5.02. The van der Waals surface area contributed by atoms with Gasteiger partial charge in [-0.3, -0.25) is 4.79 Å². The summed E-state index contributed by atoms with van der Waals surface area (Å²) in [6.07, 6.45) is 0. The highest BCUT2D eigenvalue weighted by Crippen LogP contribution is 2.26. The first-order valence-electron chi connectivity index (χ1n) is 6.95. The van der Waals surface area contributed by atoms with Crippen LogP contribution in [0.3, 0.4) is 0 Å². The third-order valence-corrected chi connectivity index (χ3v) is 3.41. The van der Waals surface area contributed by atoms with Gasteiger partial charge in [0.25, 0.3) is 0 Å². The van der Waals surface area contributed by atoms with Crippen molar-refractivity contribution in [3.8, 4) is 11.5 Å². The second-order valence-electron chi connectivity index (χ2n) is 5.02. The number of hydrogen-bond acceptors (Lipinski definition) is 4. The molecule has 0 fully saturated rings. The fourth-order valence-electron chi connectivity index (χ4n) is 2.37. The molecule has 1 aliphatic carbocycles. The van der Waals surface area contributed by atoms with Crippen molar-refractivity contribution in [1.82, 2.24) is 4.98 Å². The first-order chi connectivity index (χ1) is 10.8. The molecule has 2 aromatic rings. The summed E-state index contributed by atoms with van der Waals surface area (Å²) < 4.78 is 5.80. The summed E-state index contributed by atoms with van der Waals surface area (Å²) in [7, 11) is 0. The highest BCUT2D eigenvalue weighted by molar-refractivity contribution is 5.81. The average molecular weight is 288 g/mol. The predicted octanol–water partition coefficient (Wildman–Crippen LogP) is 4.04. The smallest absolute Gasteiger partial charge is 0.182 e. The Kier molecular flexibility index (Phi) is 2.86. The van der Waals surface area contributed by atoms with Gasteiger partial charge in [-0.15, -0.1) is 0 Å². The van der Waals surface area contributed by atoms with Crippen LogP contribution in [-0.4, -0.2) is 4.98 Å². The van der Waals surface area contributed by atoms with E-state index in [9.17, 15) is 4.79 Å². The van der Waals surface area contributed by atoms with Gasteiger partial charge in [0.05, 0.1) is 0 Å². The lowest BCUT2D eigenvalue weighted by atomic mass is 10.2. The first kappa shape index (κ1) is 12.6. The van der Waals surface area contributed by atoms with Crippen LogP contribution >= 0.6 is 0 Å². The van der Waals surface area contributed by atoms with Crippen molar-refractivity contribution in [2.75, 3.05) is 5.32 Å². The zero-order chi connectivity index (χ0) is 14.9. The number of para-hydroxylation sites is 1. The van der Waals surface area contributed by atoms with Crippen LogP contribution in [0.1, 0.15) is 0 Å². The lowest BCUT2D eigenvalue weighted by molar-refractivity contribution is 0.612. The fraction of sp³-hybridized carbons (Fsp3) is 0. The Hall–Kier alpha value is -3.14. The number of aromatic nitrogens is 1. The molecule has 4 nitrogen and oxygen atoms in total. The van der Waals surface area contributed by atoms with Crippen molar-refractivity contribution in [2.24, 2.45) is 0 Å². The second kappa shape index (κ2) is 5.00. The summed E-state index contributed by atoms with van der Waals surface area (Å²) >= 11 is 0. The van der Waals surface area contributed by atoms with Crippen molar-refractivity contribution in [2.45, 2.75) is 0 Å². The Balaban J connectivity index is 1.81. The molecule has 4 heteroatoms. The minimum atomic E-state index is -0.0871. The molecule has 2 aliphatic rings. The zero-order valence-corrected chi connectivity index (χ0v) is 11.6. The van der Waals surface area contributed by atoms with Crippen LogP contribution in [-0.2, 0) is 0 Å². The molecule has 1 heterocycles. The van der Waals surface area contributed by atoms with Gasteiger partial charge in [0.1, 0.15) is 11.2 Å². The van der Waals surface area contributed by atoms with E-state index in [-0.39, 0.29) is 5.43 Å². The van der Waals surface area contributed by atoms with Crippen LogP contribution in [0.5, 0.6) is 0 Å². The molecule has 0 atom stereocenters. The molecule has 106 valence electrons. The van der Waals surface area contributed by atoms with Gasteiger partial charge in [-0.25, -0.2) is 4.98 Å². The van der Waals surface area contributed by atoms with Gasteiger partial charge in [0, 0.05) is 23.5 Å². The number of fused-ring (bicyclic) bond motifs is 2. The Labute approximate surface area is 126 Å². The van der Waals surface area contributed by atoms with Gasteiger partial charge in [0.2, 0.25) is 0 Å². The van der Waals surface area contributed by atoms with E-state index in [1.807, 2.05) is 48.5 Å². The Bertz CT molecular complexity index is 977.